The topological polar surface area (TPSA) is 50.9 Å². The van der Waals surface area contributed by atoms with Crippen molar-refractivity contribution in [2.24, 2.45) is 0 Å². The molecule has 0 aliphatic heterocycles. The Morgan fingerprint density at radius 2 is 2.00 bits per heavy atom. The van der Waals surface area contributed by atoms with E-state index in [1.165, 1.54) is 15.3 Å². The summed E-state index contributed by atoms with van der Waals surface area (Å²) < 4.78 is 0. The minimum absolute atomic E-state index is 0.779. The first kappa shape index (κ1) is 11.9. The maximum Gasteiger partial charge on any atom is 0.128 e. The van der Waals surface area contributed by atoms with E-state index in [2.05, 4.69) is 30.2 Å². The molecule has 17 heavy (non-hydrogen) atoms. The SMILES string of the molecule is Cc1cnc(NCc2cc(C)c(C)s2)cc1N. The van der Waals surface area contributed by atoms with E-state index in [4.69, 9.17) is 5.73 Å². The average Bonchev–Trinajstić information content (AvgIpc) is 2.60. The second-order valence-electron chi connectivity index (χ2n) is 4.23. The second-order valence-corrected chi connectivity index (χ2v) is 5.57. The van der Waals surface area contributed by atoms with Crippen molar-refractivity contribution in [3.05, 3.63) is 39.2 Å². The standard InChI is InChI=1S/C13H17N3S/c1-8-4-11(17-10(8)3)7-16-13-5-12(14)9(2)6-15-13/h4-6H,7H2,1-3H3,(H3,14,15,16). The van der Waals surface area contributed by atoms with Gasteiger partial charge in [0.25, 0.3) is 0 Å². The molecule has 0 bridgehead atoms. The van der Waals surface area contributed by atoms with Gasteiger partial charge < -0.3 is 11.1 Å². The summed E-state index contributed by atoms with van der Waals surface area (Å²) in [7, 11) is 0. The second kappa shape index (κ2) is 4.75. The maximum absolute atomic E-state index is 5.84. The summed E-state index contributed by atoms with van der Waals surface area (Å²) in [6.45, 7) is 7.04. The summed E-state index contributed by atoms with van der Waals surface area (Å²) in [5.74, 6) is 0.830. The molecule has 2 aromatic heterocycles. The number of anilines is 2. The van der Waals surface area contributed by atoms with Crippen molar-refractivity contribution in [3.63, 3.8) is 0 Å². The van der Waals surface area contributed by atoms with Crippen molar-refractivity contribution >= 4 is 22.8 Å². The van der Waals surface area contributed by atoms with Crippen molar-refractivity contribution in [1.82, 2.24) is 4.98 Å². The van der Waals surface area contributed by atoms with Gasteiger partial charge in [-0.05, 0) is 38.0 Å². The third-order valence-electron chi connectivity index (χ3n) is 2.81. The Labute approximate surface area is 106 Å². The molecule has 0 aliphatic carbocycles. The number of nitrogen functional groups attached to an aromatic ring is 1. The van der Waals surface area contributed by atoms with Crippen molar-refractivity contribution in [3.8, 4) is 0 Å². The Morgan fingerprint density at radius 3 is 2.59 bits per heavy atom. The highest BCUT2D eigenvalue weighted by atomic mass is 32.1. The number of hydrogen-bond donors (Lipinski definition) is 2. The Morgan fingerprint density at radius 1 is 1.24 bits per heavy atom. The molecule has 0 unspecified atom stereocenters. The summed E-state index contributed by atoms with van der Waals surface area (Å²) in [6, 6.07) is 4.09. The fourth-order valence-electron chi connectivity index (χ4n) is 1.55. The Balaban J connectivity index is 2.04. The zero-order valence-electron chi connectivity index (χ0n) is 10.4. The molecular formula is C13H17N3S. The highest BCUT2D eigenvalue weighted by Gasteiger charge is 2.02. The minimum Gasteiger partial charge on any atom is -0.398 e. The average molecular weight is 247 g/mol. The van der Waals surface area contributed by atoms with Crippen LogP contribution >= 0.6 is 11.3 Å². The molecule has 0 saturated carbocycles. The van der Waals surface area contributed by atoms with Gasteiger partial charge in [-0.3, -0.25) is 0 Å². The molecule has 2 heterocycles. The van der Waals surface area contributed by atoms with Gasteiger partial charge in [-0.1, -0.05) is 0 Å². The zero-order valence-corrected chi connectivity index (χ0v) is 11.2. The number of nitrogens with one attached hydrogen (secondary N) is 1. The molecule has 2 aromatic rings. The lowest BCUT2D eigenvalue weighted by Gasteiger charge is -2.06. The van der Waals surface area contributed by atoms with E-state index in [1.54, 1.807) is 6.20 Å². The number of aromatic nitrogens is 1. The molecule has 3 nitrogen and oxygen atoms in total. The minimum atomic E-state index is 0.779. The Hall–Kier alpha value is -1.55. The maximum atomic E-state index is 5.84. The van der Waals surface area contributed by atoms with Crippen molar-refractivity contribution in [2.45, 2.75) is 27.3 Å². The predicted octanol–water partition coefficient (Wildman–Crippen LogP) is 3.26. The zero-order chi connectivity index (χ0) is 12.4. The van der Waals surface area contributed by atoms with Crippen LogP contribution in [0.15, 0.2) is 18.3 Å². The molecule has 0 radical (unpaired) electrons. The van der Waals surface area contributed by atoms with Crippen LogP contribution in [0.5, 0.6) is 0 Å². The van der Waals surface area contributed by atoms with E-state index in [9.17, 15) is 0 Å². The molecule has 3 N–H and O–H groups in total. The molecular weight excluding hydrogens is 230 g/mol. The van der Waals surface area contributed by atoms with Crippen LogP contribution in [0.25, 0.3) is 0 Å². The Bertz CT molecular complexity index is 512. The van der Waals surface area contributed by atoms with Gasteiger partial charge in [0.15, 0.2) is 0 Å². The third kappa shape index (κ3) is 2.77. The molecule has 0 amide bonds. The number of pyridine rings is 1. The van der Waals surface area contributed by atoms with Crippen LogP contribution in [0.4, 0.5) is 11.5 Å². The van der Waals surface area contributed by atoms with Crippen LogP contribution in [0.1, 0.15) is 20.9 Å². The molecule has 2 rings (SSSR count). The summed E-state index contributed by atoms with van der Waals surface area (Å²) in [5.41, 5.74) is 8.98. The summed E-state index contributed by atoms with van der Waals surface area (Å²) in [6.07, 6.45) is 1.79. The van der Waals surface area contributed by atoms with Crippen LogP contribution in [-0.4, -0.2) is 4.98 Å². The molecule has 0 atom stereocenters. The van der Waals surface area contributed by atoms with E-state index in [0.29, 0.717) is 0 Å². The lowest BCUT2D eigenvalue weighted by molar-refractivity contribution is 1.13. The van der Waals surface area contributed by atoms with E-state index in [1.807, 2.05) is 24.3 Å². The van der Waals surface area contributed by atoms with Gasteiger partial charge in [-0.15, -0.1) is 11.3 Å². The number of thiophene rings is 1. The van der Waals surface area contributed by atoms with Crippen molar-refractivity contribution < 1.29 is 0 Å². The summed E-state index contributed by atoms with van der Waals surface area (Å²) in [5, 5.41) is 3.29. The van der Waals surface area contributed by atoms with Gasteiger partial charge in [0.2, 0.25) is 0 Å². The smallest absolute Gasteiger partial charge is 0.128 e. The van der Waals surface area contributed by atoms with Crippen molar-refractivity contribution in [2.75, 3.05) is 11.1 Å². The fraction of sp³-hybridized carbons (Fsp3) is 0.308. The molecule has 0 saturated heterocycles. The molecule has 0 fully saturated rings. The predicted molar refractivity (Wildman–Crippen MR) is 74.5 cm³/mol. The first-order valence-electron chi connectivity index (χ1n) is 5.58. The van der Waals surface area contributed by atoms with Crippen LogP contribution in [0, 0.1) is 20.8 Å². The van der Waals surface area contributed by atoms with Gasteiger partial charge in [0.05, 0.1) is 6.54 Å². The first-order valence-corrected chi connectivity index (χ1v) is 6.40. The van der Waals surface area contributed by atoms with Crippen LogP contribution < -0.4 is 11.1 Å². The molecule has 0 aliphatic rings. The van der Waals surface area contributed by atoms with E-state index in [-0.39, 0.29) is 0 Å². The third-order valence-corrected chi connectivity index (χ3v) is 3.96. The highest BCUT2D eigenvalue weighted by molar-refractivity contribution is 7.12. The van der Waals surface area contributed by atoms with E-state index >= 15 is 0 Å². The first-order chi connectivity index (χ1) is 8.06. The quantitative estimate of drug-likeness (QED) is 0.875. The van der Waals surface area contributed by atoms with Gasteiger partial charge in [-0.25, -0.2) is 4.98 Å². The molecule has 4 heteroatoms. The van der Waals surface area contributed by atoms with E-state index in [0.717, 1.165) is 23.6 Å². The van der Waals surface area contributed by atoms with E-state index < -0.39 is 0 Å². The normalized spacial score (nSPS) is 10.5. The summed E-state index contributed by atoms with van der Waals surface area (Å²) >= 11 is 1.82. The van der Waals surface area contributed by atoms with Crippen LogP contribution in [0.2, 0.25) is 0 Å². The molecule has 0 spiro atoms. The number of aryl methyl sites for hydroxylation is 3. The highest BCUT2D eigenvalue weighted by Crippen LogP contribution is 2.22. The van der Waals surface area contributed by atoms with Gasteiger partial charge >= 0.3 is 0 Å². The summed E-state index contributed by atoms with van der Waals surface area (Å²) in [4.78, 5) is 6.99. The van der Waals surface area contributed by atoms with Gasteiger partial charge in [-0.2, -0.15) is 0 Å². The number of rotatable bonds is 3. The number of hydrogen-bond acceptors (Lipinski definition) is 4. The number of nitrogens with two attached hydrogens (primary N) is 1. The lowest BCUT2D eigenvalue weighted by atomic mass is 10.2. The monoisotopic (exact) mass is 247 g/mol. The van der Waals surface area contributed by atoms with Crippen LogP contribution in [-0.2, 0) is 6.54 Å². The Kier molecular flexibility index (Phi) is 3.33. The van der Waals surface area contributed by atoms with Crippen molar-refractivity contribution in [1.29, 1.82) is 0 Å². The van der Waals surface area contributed by atoms with Gasteiger partial charge in [0, 0.05) is 27.7 Å². The van der Waals surface area contributed by atoms with Gasteiger partial charge in [0.1, 0.15) is 5.82 Å². The molecule has 90 valence electrons. The van der Waals surface area contributed by atoms with Crippen LogP contribution in [0.3, 0.4) is 0 Å². The molecule has 0 aromatic carbocycles. The lowest BCUT2D eigenvalue weighted by Crippen LogP contribution is -2.01. The number of nitrogens with zero attached hydrogens (tertiary/aromatic N) is 1. The largest absolute Gasteiger partial charge is 0.398 e. The fourth-order valence-corrected chi connectivity index (χ4v) is 2.54.